The number of hydrogen-bond acceptors (Lipinski definition) is 0. The van der Waals surface area contributed by atoms with Crippen LogP contribution in [0.3, 0.4) is 0 Å². The van der Waals surface area contributed by atoms with Gasteiger partial charge in [0, 0.05) is 5.92 Å². The van der Waals surface area contributed by atoms with Gasteiger partial charge in [-0.1, -0.05) is 101 Å². The standard InChI is InChI=1S/C45H36B/c1-44(2)37-20-32-30-14-8-11-27-18-25-15-16-46-23-35(25)43(41(27)30)34(32)22-39(37)45(3,4)36-19-31-29-13-7-10-26-17-24-9-5-6-12-28(24)42(40(26)29)33(31)21-38(36)44/h5-20,22,33,36,38H,21,23H2,1-4H3. The molecule has 0 fully saturated rings. The minimum atomic E-state index is 0.0159. The lowest BCUT2D eigenvalue weighted by Crippen LogP contribution is -2.50. The van der Waals surface area contributed by atoms with E-state index in [-0.39, 0.29) is 10.8 Å². The van der Waals surface area contributed by atoms with Crippen LogP contribution in [0.15, 0.2) is 97.0 Å². The molecule has 4 aliphatic carbocycles. The molecule has 219 valence electrons. The molecule has 1 aliphatic heterocycles. The summed E-state index contributed by atoms with van der Waals surface area (Å²) >= 11 is 0. The molecule has 0 aromatic heterocycles. The first-order chi connectivity index (χ1) is 22.3. The Morgan fingerprint density at radius 1 is 0.674 bits per heavy atom. The lowest BCUT2D eigenvalue weighted by Gasteiger charge is -2.55. The van der Waals surface area contributed by atoms with Crippen molar-refractivity contribution in [3.8, 4) is 22.3 Å². The highest BCUT2D eigenvalue weighted by Crippen LogP contribution is 2.65. The normalized spacial score (nSPS) is 23.4. The number of benzene rings is 6. The van der Waals surface area contributed by atoms with Crippen LogP contribution in [-0.2, 0) is 17.2 Å². The second-order valence-corrected chi connectivity index (χ2v) is 15.9. The predicted molar refractivity (Wildman–Crippen MR) is 197 cm³/mol. The largest absolute Gasteiger partial charge is 0.146 e. The molecule has 46 heavy (non-hydrogen) atoms. The number of allylic oxidation sites excluding steroid dienone is 2. The zero-order valence-corrected chi connectivity index (χ0v) is 27.0. The summed E-state index contributed by atoms with van der Waals surface area (Å²) in [5.41, 5.74) is 16.5. The molecular weight excluding hydrogens is 551 g/mol. The molecule has 1 heteroatoms. The van der Waals surface area contributed by atoms with Crippen LogP contribution < -0.4 is 0 Å². The quantitative estimate of drug-likeness (QED) is 0.122. The lowest BCUT2D eigenvalue weighted by atomic mass is 9.48. The fraction of sp³-hybridized carbons (Fsp3) is 0.244. The van der Waals surface area contributed by atoms with Crippen molar-refractivity contribution in [3.05, 3.63) is 130 Å². The van der Waals surface area contributed by atoms with Crippen LogP contribution >= 0.6 is 0 Å². The molecule has 1 heterocycles. The van der Waals surface area contributed by atoms with E-state index in [0.29, 0.717) is 17.8 Å². The predicted octanol–water partition coefficient (Wildman–Crippen LogP) is 11.4. The molecule has 3 atom stereocenters. The summed E-state index contributed by atoms with van der Waals surface area (Å²) < 4.78 is 0. The van der Waals surface area contributed by atoms with Crippen molar-refractivity contribution >= 4 is 51.2 Å². The second-order valence-electron chi connectivity index (χ2n) is 15.9. The highest BCUT2D eigenvalue weighted by molar-refractivity contribution is 6.44. The Labute approximate surface area is 272 Å². The molecule has 0 saturated carbocycles. The maximum atomic E-state index is 2.76. The van der Waals surface area contributed by atoms with E-state index in [2.05, 4.69) is 138 Å². The second kappa shape index (κ2) is 8.32. The van der Waals surface area contributed by atoms with Gasteiger partial charge >= 0.3 is 0 Å². The van der Waals surface area contributed by atoms with Crippen LogP contribution in [0.5, 0.6) is 0 Å². The van der Waals surface area contributed by atoms with Crippen molar-refractivity contribution in [2.45, 2.75) is 57.2 Å². The van der Waals surface area contributed by atoms with Gasteiger partial charge < -0.3 is 0 Å². The third-order valence-corrected chi connectivity index (χ3v) is 13.2. The molecule has 0 N–H and O–H groups in total. The fourth-order valence-corrected chi connectivity index (χ4v) is 11.0. The first-order valence-corrected chi connectivity index (χ1v) is 17.3. The molecule has 0 spiro atoms. The molecular formula is C45H36B. The number of rotatable bonds is 0. The first kappa shape index (κ1) is 25.8. The van der Waals surface area contributed by atoms with Crippen LogP contribution in [0.1, 0.15) is 73.4 Å². The van der Waals surface area contributed by atoms with Crippen LogP contribution in [-0.4, -0.2) is 7.28 Å². The van der Waals surface area contributed by atoms with Crippen molar-refractivity contribution in [1.29, 1.82) is 0 Å². The summed E-state index contributed by atoms with van der Waals surface area (Å²) in [6.07, 6.45) is 7.28. The lowest BCUT2D eigenvalue weighted by molar-refractivity contribution is 0.132. The van der Waals surface area contributed by atoms with Gasteiger partial charge in [0.1, 0.15) is 7.28 Å². The number of hydrogen-bond donors (Lipinski definition) is 0. The summed E-state index contributed by atoms with van der Waals surface area (Å²) in [6.45, 7) is 10.2. The van der Waals surface area contributed by atoms with Crippen molar-refractivity contribution in [1.82, 2.24) is 0 Å². The van der Waals surface area contributed by atoms with Crippen molar-refractivity contribution in [2.24, 2.45) is 11.8 Å². The zero-order chi connectivity index (χ0) is 30.7. The third-order valence-electron chi connectivity index (χ3n) is 13.2. The van der Waals surface area contributed by atoms with Crippen LogP contribution in [0, 0.1) is 11.8 Å². The van der Waals surface area contributed by atoms with E-state index < -0.39 is 0 Å². The van der Waals surface area contributed by atoms with Gasteiger partial charge in [-0.05, 0) is 153 Å². The van der Waals surface area contributed by atoms with Crippen LogP contribution in [0.4, 0.5) is 0 Å². The maximum absolute atomic E-state index is 2.76. The van der Waals surface area contributed by atoms with Gasteiger partial charge in [0.15, 0.2) is 0 Å². The van der Waals surface area contributed by atoms with Gasteiger partial charge in [-0.15, -0.1) is 5.98 Å². The Kier molecular flexibility index (Phi) is 4.66. The molecule has 1 radical (unpaired) electrons. The fourth-order valence-electron chi connectivity index (χ4n) is 11.0. The van der Waals surface area contributed by atoms with Gasteiger partial charge in [0.2, 0.25) is 0 Å². The average Bonchev–Trinajstić information content (AvgIpc) is 3.58. The van der Waals surface area contributed by atoms with E-state index in [1.54, 1.807) is 22.3 Å². The Morgan fingerprint density at radius 2 is 1.41 bits per heavy atom. The van der Waals surface area contributed by atoms with Crippen molar-refractivity contribution < 1.29 is 0 Å². The average molecular weight is 588 g/mol. The minimum Gasteiger partial charge on any atom is -0.122 e. The van der Waals surface area contributed by atoms with E-state index in [4.69, 9.17) is 0 Å². The summed E-state index contributed by atoms with van der Waals surface area (Å²) in [6, 6.07) is 33.2. The van der Waals surface area contributed by atoms with Crippen molar-refractivity contribution in [2.75, 3.05) is 0 Å². The SMILES string of the molecule is CC1(C)c2cc3c(cc2C(C)(C)C2CC4C(=CC21)c1cccc2cc5ccccc5c4c12)-c1cccc2cc4c(c-3c12)C[B]C=C4. The van der Waals surface area contributed by atoms with Crippen LogP contribution in [0.25, 0.3) is 66.2 Å². The van der Waals surface area contributed by atoms with E-state index in [0.717, 1.165) is 6.32 Å². The van der Waals surface area contributed by atoms with E-state index >= 15 is 0 Å². The van der Waals surface area contributed by atoms with E-state index in [1.165, 1.54) is 77.7 Å². The van der Waals surface area contributed by atoms with Gasteiger partial charge in [0.25, 0.3) is 0 Å². The third kappa shape index (κ3) is 2.95. The molecule has 0 bridgehead atoms. The summed E-state index contributed by atoms with van der Waals surface area (Å²) in [5.74, 6) is 3.71. The monoisotopic (exact) mass is 587 g/mol. The van der Waals surface area contributed by atoms with Gasteiger partial charge in [-0.25, -0.2) is 0 Å². The van der Waals surface area contributed by atoms with E-state index in [1.807, 2.05) is 0 Å². The van der Waals surface area contributed by atoms with Crippen LogP contribution in [0.2, 0.25) is 0 Å². The van der Waals surface area contributed by atoms with E-state index in [9.17, 15) is 0 Å². The summed E-state index contributed by atoms with van der Waals surface area (Å²) in [5, 5.41) is 8.55. The molecule has 3 unspecified atom stereocenters. The molecule has 5 aliphatic rings. The molecule has 6 aromatic carbocycles. The maximum Gasteiger partial charge on any atom is 0.146 e. The Morgan fingerprint density at radius 3 is 2.28 bits per heavy atom. The molecule has 0 amide bonds. The molecule has 0 saturated heterocycles. The highest BCUT2D eigenvalue weighted by Gasteiger charge is 2.54. The summed E-state index contributed by atoms with van der Waals surface area (Å²) in [7, 11) is 2.33. The van der Waals surface area contributed by atoms with Gasteiger partial charge in [0.05, 0.1) is 0 Å². The Bertz CT molecular complexity index is 2470. The Balaban J connectivity index is 1.15. The zero-order valence-electron chi connectivity index (χ0n) is 27.0. The minimum absolute atomic E-state index is 0.0159. The Hall–Kier alpha value is -4.36. The van der Waals surface area contributed by atoms with Crippen molar-refractivity contribution in [3.63, 3.8) is 0 Å². The first-order valence-electron chi connectivity index (χ1n) is 17.3. The number of fused-ring (bicyclic) bond motifs is 12. The summed E-state index contributed by atoms with van der Waals surface area (Å²) in [4.78, 5) is 0. The molecule has 0 nitrogen and oxygen atoms in total. The van der Waals surface area contributed by atoms with Gasteiger partial charge in [-0.2, -0.15) is 0 Å². The topological polar surface area (TPSA) is 0 Å². The smallest absolute Gasteiger partial charge is 0.122 e. The molecule has 6 aromatic rings. The van der Waals surface area contributed by atoms with Gasteiger partial charge in [-0.3, -0.25) is 0 Å². The molecule has 11 rings (SSSR count). The highest BCUT2D eigenvalue weighted by atomic mass is 14.6.